The molecule has 2 N–H and O–H groups in total. The summed E-state index contributed by atoms with van der Waals surface area (Å²) in [4.78, 5) is 4.23. The Morgan fingerprint density at radius 1 is 1.82 bits per heavy atom. The number of thioether (sulfide) groups is 1. The quantitative estimate of drug-likeness (QED) is 0.647. The van der Waals surface area contributed by atoms with Gasteiger partial charge in [-0.3, -0.25) is 4.99 Å². The van der Waals surface area contributed by atoms with Crippen molar-refractivity contribution in [1.82, 2.24) is 5.32 Å². The van der Waals surface area contributed by atoms with E-state index in [0.717, 1.165) is 24.0 Å². The first-order chi connectivity index (χ1) is 5.33. The summed E-state index contributed by atoms with van der Waals surface area (Å²) in [6.45, 7) is 4.16. The molecule has 1 aliphatic heterocycles. The van der Waals surface area contributed by atoms with E-state index in [1.54, 1.807) is 11.8 Å². The van der Waals surface area contributed by atoms with Gasteiger partial charge in [0.1, 0.15) is 0 Å². The Bertz CT molecular complexity index is 149. The fourth-order valence-corrected chi connectivity index (χ4v) is 1.68. The van der Waals surface area contributed by atoms with Crippen LogP contribution in [0.2, 0.25) is 0 Å². The molecule has 11 heavy (non-hydrogen) atoms. The first kappa shape index (κ1) is 8.87. The molecule has 0 aromatic rings. The van der Waals surface area contributed by atoms with Gasteiger partial charge >= 0.3 is 0 Å². The van der Waals surface area contributed by atoms with Gasteiger partial charge in [-0.25, -0.2) is 0 Å². The largest absolute Gasteiger partial charge is 0.396 e. The molecule has 0 bridgehead atoms. The van der Waals surface area contributed by atoms with E-state index in [1.165, 1.54) is 0 Å². The number of hydrogen-bond acceptors (Lipinski definition) is 4. The predicted molar refractivity (Wildman–Crippen MR) is 49.0 cm³/mol. The molecule has 0 aliphatic carbocycles. The molecule has 64 valence electrons. The number of rotatable bonds is 3. The van der Waals surface area contributed by atoms with Crippen molar-refractivity contribution in [3.8, 4) is 0 Å². The lowest BCUT2D eigenvalue weighted by molar-refractivity contribution is 0.250. The fraction of sp³-hybridized carbons (Fsp3) is 0.857. The maximum absolute atomic E-state index is 8.74. The van der Waals surface area contributed by atoms with Crippen molar-refractivity contribution < 1.29 is 5.11 Å². The smallest absolute Gasteiger partial charge is 0.156 e. The van der Waals surface area contributed by atoms with Gasteiger partial charge in [-0.15, -0.1) is 0 Å². The molecule has 0 fully saturated rings. The van der Waals surface area contributed by atoms with Crippen molar-refractivity contribution in [2.24, 2.45) is 10.9 Å². The summed E-state index contributed by atoms with van der Waals surface area (Å²) in [5.41, 5.74) is 0. The lowest BCUT2D eigenvalue weighted by atomic mass is 10.2. The molecule has 0 aromatic carbocycles. The molecular weight excluding hydrogens is 160 g/mol. The van der Waals surface area contributed by atoms with Gasteiger partial charge in [0.15, 0.2) is 5.17 Å². The highest BCUT2D eigenvalue weighted by atomic mass is 32.2. The van der Waals surface area contributed by atoms with Crippen LogP contribution in [-0.4, -0.2) is 35.7 Å². The zero-order valence-electron chi connectivity index (χ0n) is 6.71. The fourth-order valence-electron chi connectivity index (χ4n) is 0.747. The standard InChI is InChI=1S/C7H14N2OS/c1-6(4-10)5-11-7-8-2-3-9-7/h6,10H,2-5H2,1H3,(H,8,9). The van der Waals surface area contributed by atoms with E-state index in [-0.39, 0.29) is 6.61 Å². The van der Waals surface area contributed by atoms with Crippen LogP contribution in [0.4, 0.5) is 0 Å². The monoisotopic (exact) mass is 174 g/mol. The Morgan fingerprint density at radius 3 is 3.18 bits per heavy atom. The third kappa shape index (κ3) is 3.12. The number of aliphatic hydroxyl groups is 1. The van der Waals surface area contributed by atoms with Gasteiger partial charge in [-0.2, -0.15) is 0 Å². The van der Waals surface area contributed by atoms with Crippen molar-refractivity contribution >= 4 is 16.9 Å². The molecular formula is C7H14N2OS. The zero-order chi connectivity index (χ0) is 8.10. The number of aliphatic hydroxyl groups excluding tert-OH is 1. The van der Waals surface area contributed by atoms with Crippen molar-refractivity contribution in [3.05, 3.63) is 0 Å². The molecule has 1 rings (SSSR count). The molecule has 0 saturated carbocycles. The second-order valence-electron chi connectivity index (χ2n) is 2.71. The molecule has 0 aromatic heterocycles. The van der Waals surface area contributed by atoms with E-state index >= 15 is 0 Å². The number of amidine groups is 1. The van der Waals surface area contributed by atoms with Crippen LogP contribution >= 0.6 is 11.8 Å². The van der Waals surface area contributed by atoms with Crippen molar-refractivity contribution in [2.75, 3.05) is 25.4 Å². The van der Waals surface area contributed by atoms with Crippen LogP contribution < -0.4 is 5.32 Å². The van der Waals surface area contributed by atoms with Gasteiger partial charge in [0.25, 0.3) is 0 Å². The molecule has 0 radical (unpaired) electrons. The van der Waals surface area contributed by atoms with Crippen molar-refractivity contribution in [2.45, 2.75) is 6.92 Å². The summed E-state index contributed by atoms with van der Waals surface area (Å²) in [6, 6.07) is 0. The topological polar surface area (TPSA) is 44.6 Å². The Hall–Kier alpha value is -0.220. The summed E-state index contributed by atoms with van der Waals surface area (Å²) < 4.78 is 0. The second kappa shape index (κ2) is 4.62. The molecule has 0 saturated heterocycles. The number of nitrogens with zero attached hydrogens (tertiary/aromatic N) is 1. The minimum atomic E-state index is 0.264. The number of nitrogens with one attached hydrogen (secondary N) is 1. The van der Waals surface area contributed by atoms with Gasteiger partial charge in [0.2, 0.25) is 0 Å². The Labute approximate surface area is 71.3 Å². The molecule has 1 unspecified atom stereocenters. The van der Waals surface area contributed by atoms with E-state index in [1.807, 2.05) is 6.92 Å². The van der Waals surface area contributed by atoms with E-state index in [9.17, 15) is 0 Å². The minimum absolute atomic E-state index is 0.264. The first-order valence-corrected chi connectivity index (χ1v) is 4.83. The van der Waals surface area contributed by atoms with Crippen LogP contribution in [-0.2, 0) is 0 Å². The third-order valence-corrected chi connectivity index (χ3v) is 2.74. The zero-order valence-corrected chi connectivity index (χ0v) is 7.52. The van der Waals surface area contributed by atoms with E-state index in [0.29, 0.717) is 5.92 Å². The summed E-state index contributed by atoms with van der Waals surface area (Å²) in [7, 11) is 0. The summed E-state index contributed by atoms with van der Waals surface area (Å²) in [6.07, 6.45) is 0. The molecule has 1 aliphatic rings. The van der Waals surface area contributed by atoms with Crippen molar-refractivity contribution in [3.63, 3.8) is 0 Å². The molecule has 0 amide bonds. The lowest BCUT2D eigenvalue weighted by Crippen LogP contribution is -2.17. The minimum Gasteiger partial charge on any atom is -0.396 e. The van der Waals surface area contributed by atoms with Crippen LogP contribution in [0.15, 0.2) is 4.99 Å². The van der Waals surface area contributed by atoms with Gasteiger partial charge in [-0.05, 0) is 5.92 Å². The molecule has 4 heteroatoms. The molecule has 1 atom stereocenters. The summed E-state index contributed by atoms with van der Waals surface area (Å²) in [5, 5.41) is 12.9. The van der Waals surface area contributed by atoms with Gasteiger partial charge in [0, 0.05) is 18.9 Å². The van der Waals surface area contributed by atoms with E-state index in [4.69, 9.17) is 5.11 Å². The van der Waals surface area contributed by atoms with Crippen LogP contribution in [0.25, 0.3) is 0 Å². The maximum atomic E-state index is 8.74. The highest BCUT2D eigenvalue weighted by molar-refractivity contribution is 8.13. The Morgan fingerprint density at radius 2 is 2.64 bits per heavy atom. The third-order valence-electron chi connectivity index (χ3n) is 1.46. The lowest BCUT2D eigenvalue weighted by Gasteiger charge is -2.06. The summed E-state index contributed by atoms with van der Waals surface area (Å²) in [5.74, 6) is 1.31. The van der Waals surface area contributed by atoms with Crippen LogP contribution in [0.3, 0.4) is 0 Å². The highest BCUT2D eigenvalue weighted by Gasteiger charge is 2.07. The van der Waals surface area contributed by atoms with Crippen LogP contribution in [0.5, 0.6) is 0 Å². The average molecular weight is 174 g/mol. The Balaban J connectivity index is 2.11. The van der Waals surface area contributed by atoms with E-state index < -0.39 is 0 Å². The van der Waals surface area contributed by atoms with E-state index in [2.05, 4.69) is 10.3 Å². The van der Waals surface area contributed by atoms with Crippen LogP contribution in [0.1, 0.15) is 6.92 Å². The SMILES string of the molecule is CC(CO)CSC1=NCCN1. The van der Waals surface area contributed by atoms with Crippen LogP contribution in [0, 0.1) is 5.92 Å². The molecule has 0 spiro atoms. The number of hydrogen-bond donors (Lipinski definition) is 2. The molecule has 3 nitrogen and oxygen atoms in total. The van der Waals surface area contributed by atoms with Gasteiger partial charge in [0.05, 0.1) is 6.54 Å². The second-order valence-corrected chi connectivity index (χ2v) is 3.72. The Kier molecular flexibility index (Phi) is 3.72. The highest BCUT2D eigenvalue weighted by Crippen LogP contribution is 2.10. The first-order valence-electron chi connectivity index (χ1n) is 3.85. The predicted octanol–water partition coefficient (Wildman–Crippen LogP) is 0.307. The summed E-state index contributed by atoms with van der Waals surface area (Å²) >= 11 is 1.70. The molecule has 1 heterocycles. The normalized spacial score (nSPS) is 19.3. The number of aliphatic imine (C=N–C) groups is 1. The van der Waals surface area contributed by atoms with Gasteiger partial charge < -0.3 is 10.4 Å². The van der Waals surface area contributed by atoms with Gasteiger partial charge in [-0.1, -0.05) is 18.7 Å². The maximum Gasteiger partial charge on any atom is 0.156 e. The van der Waals surface area contributed by atoms with Crippen molar-refractivity contribution in [1.29, 1.82) is 0 Å². The average Bonchev–Trinajstić information content (AvgIpc) is 2.52.